The zero-order valence-electron chi connectivity index (χ0n) is 64.9. The van der Waals surface area contributed by atoms with Crippen molar-refractivity contribution in [1.82, 2.24) is 43.1 Å². The van der Waals surface area contributed by atoms with Gasteiger partial charge in [0.15, 0.2) is 0 Å². The molecule has 0 amide bonds. The van der Waals surface area contributed by atoms with Gasteiger partial charge in [-0.05, 0) is 88.2 Å². The Hall–Kier alpha value is -13.6. The molecule has 0 bridgehead atoms. The monoisotopic (exact) mass is 2070 g/mol. The summed E-state index contributed by atoms with van der Waals surface area (Å²) in [5, 5.41) is 17.5. The SMILES string of the molecule is Cc1cc(-c2ccccn2)[c-]c2c3cccc4c5ccccc5n(c12)c34.Cc1cc2c([c-]c1-c1ccccn1)c1cccc3c4ccccc4n2c13.[Ir].[Ir].[Ir].[c-]1c(-c2ccccn2)c2ccccc2c2c1c1cccc3c4ccccc4n2c13.[c-]1ccccc1-c1ccccn1.[c-]1ccccc1-c1ccccn1.[c-]1ccccc1-c1ccccn1. The number of para-hydroxylation sites is 6. The fourth-order valence-corrected chi connectivity index (χ4v) is 16.7. The third-order valence-electron chi connectivity index (χ3n) is 21.7. The summed E-state index contributed by atoms with van der Waals surface area (Å²) in [4.78, 5) is 26.3. The molecule has 3 radical (unpaired) electrons. The van der Waals surface area contributed by atoms with Gasteiger partial charge < -0.3 is 28.2 Å². The molecule has 12 aromatic heterocycles. The van der Waals surface area contributed by atoms with E-state index in [4.69, 9.17) is 0 Å². The molecule has 12 heteroatoms. The summed E-state index contributed by atoms with van der Waals surface area (Å²) in [5.41, 5.74) is 25.9. The summed E-state index contributed by atoms with van der Waals surface area (Å²) in [7, 11) is 0. The molecule has 13 aromatic carbocycles. The normalized spacial score (nSPS) is 11.1. The second kappa shape index (κ2) is 34.9. The summed E-state index contributed by atoms with van der Waals surface area (Å²) in [6, 6.07) is 138. The second-order valence-corrected chi connectivity index (χ2v) is 28.7. The number of aromatic nitrogens is 9. The molecule has 9 nitrogen and oxygen atoms in total. The molecule has 0 saturated heterocycles. The van der Waals surface area contributed by atoms with Crippen molar-refractivity contribution in [2.75, 3.05) is 0 Å². The zero-order chi connectivity index (χ0) is 78.1. The van der Waals surface area contributed by atoms with Crippen LogP contribution in [0.3, 0.4) is 0 Å². The summed E-state index contributed by atoms with van der Waals surface area (Å²) >= 11 is 0. The van der Waals surface area contributed by atoms with Crippen LogP contribution in [0.1, 0.15) is 11.1 Å². The van der Waals surface area contributed by atoms with Crippen LogP contribution in [0.4, 0.5) is 0 Å². The van der Waals surface area contributed by atoms with Gasteiger partial charge in [-0.25, -0.2) is 0 Å². The van der Waals surface area contributed by atoms with E-state index in [9.17, 15) is 0 Å². The maximum absolute atomic E-state index is 4.62. The molecule has 25 rings (SSSR count). The van der Waals surface area contributed by atoms with Crippen LogP contribution in [-0.4, -0.2) is 43.1 Å². The van der Waals surface area contributed by atoms with Crippen molar-refractivity contribution in [3.63, 3.8) is 0 Å². The molecule has 0 atom stereocenters. The minimum Gasteiger partial charge on any atom is -0.348 e. The molecule has 12 heterocycles. The van der Waals surface area contributed by atoms with E-state index in [1.165, 1.54) is 131 Å². The minimum atomic E-state index is 0. The Bertz CT molecular complexity index is 7510. The van der Waals surface area contributed by atoms with E-state index >= 15 is 0 Å². The predicted octanol–water partition coefficient (Wildman–Crippen LogP) is 26.5. The van der Waals surface area contributed by atoms with Gasteiger partial charge in [0.25, 0.3) is 0 Å². The first-order chi connectivity index (χ1) is 58.0. The largest absolute Gasteiger partial charge is 0.348 e. The van der Waals surface area contributed by atoms with Crippen molar-refractivity contribution >= 4 is 125 Å². The van der Waals surface area contributed by atoms with Crippen LogP contribution in [0, 0.1) is 50.2 Å². The van der Waals surface area contributed by atoms with E-state index in [0.29, 0.717) is 0 Å². The van der Waals surface area contributed by atoms with Gasteiger partial charge >= 0.3 is 0 Å². The smallest absolute Gasteiger partial charge is 0.0464 e. The van der Waals surface area contributed by atoms with Gasteiger partial charge in [0.1, 0.15) is 0 Å². The van der Waals surface area contributed by atoms with Crippen LogP contribution in [0.2, 0.25) is 0 Å². The number of rotatable bonds is 6. The van der Waals surface area contributed by atoms with Gasteiger partial charge in [0, 0.05) is 180 Å². The van der Waals surface area contributed by atoms with Crippen molar-refractivity contribution in [3.05, 3.63) is 430 Å². The Morgan fingerprint density at radius 1 is 0.208 bits per heavy atom. The van der Waals surface area contributed by atoms with Gasteiger partial charge in [0.05, 0.1) is 0 Å². The molecule has 25 aromatic rings. The standard InChI is InChI=1S/C27H15N2.2C24H15N2.3C11H8N.3Ir/c1-2-10-19-17(8-1)22(24-13-5-6-15-28-24)16-23-21-12-7-11-20-18-9-3-4-14-25(18)29(26(20)21)27(19)23;1-15-13-16(21-10-4-5-12-25-21)14-20-19-9-6-8-18-17-7-2-3-11-22(17)26(23(15)20)24(18)19;1-15-13-23-20(14-19(15)21-10-4-5-12-25-21)18-9-6-8-17-16-7-2-3-11-22(16)26(23)24(17)18;3*1-2-6-10(7-3-1)11-8-4-5-9-12-11;;;/h1-15H;2*2-13H,1H3;3*1-6,8-9H;;;/q6*-1;;;. The third-order valence-corrected chi connectivity index (χ3v) is 21.7. The van der Waals surface area contributed by atoms with Gasteiger partial charge in [-0.15, -0.1) is 144 Å². The van der Waals surface area contributed by atoms with Crippen molar-refractivity contribution in [3.8, 4) is 67.5 Å². The molecule has 0 aliphatic heterocycles. The first-order valence-corrected chi connectivity index (χ1v) is 39.1. The molecular formula is C108H69Ir3N9-6. The van der Waals surface area contributed by atoms with Crippen molar-refractivity contribution < 1.29 is 60.3 Å². The van der Waals surface area contributed by atoms with Gasteiger partial charge in [-0.2, -0.15) is 0 Å². The fraction of sp³-hybridized carbons (Fsp3) is 0.0185. The molecular weight excluding hydrogens is 2000 g/mol. The molecule has 0 aliphatic carbocycles. The second-order valence-electron chi connectivity index (χ2n) is 28.7. The number of pyridine rings is 6. The first-order valence-electron chi connectivity index (χ1n) is 39.1. The van der Waals surface area contributed by atoms with Gasteiger partial charge in [-0.3, -0.25) is 15.0 Å². The molecule has 0 saturated carbocycles. The quantitative estimate of drug-likeness (QED) is 0.154. The number of fused-ring (bicyclic) bond motifs is 20. The average molecular weight is 2070 g/mol. The van der Waals surface area contributed by atoms with Crippen molar-refractivity contribution in [1.29, 1.82) is 0 Å². The molecule has 0 unspecified atom stereocenters. The topological polar surface area (TPSA) is 90.6 Å². The molecule has 120 heavy (non-hydrogen) atoms. The Kier molecular flexibility index (Phi) is 22.9. The number of benzene rings is 13. The van der Waals surface area contributed by atoms with Gasteiger partial charge in [0.2, 0.25) is 0 Å². The summed E-state index contributed by atoms with van der Waals surface area (Å²) < 4.78 is 7.22. The summed E-state index contributed by atoms with van der Waals surface area (Å²) in [6.07, 6.45) is 10.9. The third kappa shape index (κ3) is 14.6. The maximum Gasteiger partial charge on any atom is 0.0464 e. The van der Waals surface area contributed by atoms with Crippen LogP contribution in [0.5, 0.6) is 0 Å². The van der Waals surface area contributed by atoms with E-state index in [-0.39, 0.29) is 60.3 Å². The minimum absolute atomic E-state index is 0. The van der Waals surface area contributed by atoms with E-state index in [0.717, 1.165) is 72.9 Å². The Morgan fingerprint density at radius 3 is 0.933 bits per heavy atom. The van der Waals surface area contributed by atoms with Crippen molar-refractivity contribution in [2.45, 2.75) is 13.8 Å². The predicted molar refractivity (Wildman–Crippen MR) is 482 cm³/mol. The van der Waals surface area contributed by atoms with Crippen molar-refractivity contribution in [2.24, 2.45) is 0 Å². The van der Waals surface area contributed by atoms with E-state index in [1.807, 2.05) is 188 Å². The van der Waals surface area contributed by atoms with Crippen LogP contribution in [0.15, 0.2) is 383 Å². The number of hydrogen-bond donors (Lipinski definition) is 0. The Balaban J connectivity index is 0.000000106. The number of nitrogens with zero attached hydrogens (tertiary/aromatic N) is 9. The molecule has 0 fully saturated rings. The maximum atomic E-state index is 4.62. The number of aryl methyl sites for hydroxylation is 2. The summed E-state index contributed by atoms with van der Waals surface area (Å²) in [5.74, 6) is 0. The van der Waals surface area contributed by atoms with Crippen LogP contribution in [0.25, 0.3) is 193 Å². The number of hydrogen-bond acceptors (Lipinski definition) is 6. The Morgan fingerprint density at radius 2 is 0.517 bits per heavy atom. The zero-order valence-corrected chi connectivity index (χ0v) is 72.1. The van der Waals surface area contributed by atoms with E-state index in [2.05, 4.69) is 269 Å². The van der Waals surface area contributed by atoms with Crippen LogP contribution < -0.4 is 0 Å². The van der Waals surface area contributed by atoms with E-state index in [1.54, 1.807) is 18.6 Å². The molecule has 0 spiro atoms. The summed E-state index contributed by atoms with van der Waals surface area (Å²) in [6.45, 7) is 4.33. The molecule has 0 aliphatic rings. The Labute approximate surface area is 734 Å². The van der Waals surface area contributed by atoms with Crippen LogP contribution in [-0.2, 0) is 60.3 Å². The molecule has 0 N–H and O–H groups in total. The van der Waals surface area contributed by atoms with Gasteiger partial charge in [-0.1, -0.05) is 285 Å². The fourth-order valence-electron chi connectivity index (χ4n) is 16.7. The first kappa shape index (κ1) is 78.9. The average Bonchev–Trinajstić information content (AvgIpc) is 1.54. The van der Waals surface area contributed by atoms with E-state index < -0.39 is 0 Å². The van der Waals surface area contributed by atoms with Crippen LogP contribution >= 0.6 is 0 Å². The molecule has 579 valence electrons.